The first-order valence-corrected chi connectivity index (χ1v) is 4.35. The Hall–Kier alpha value is -1.39. The maximum atomic E-state index is 10.2. The van der Waals surface area contributed by atoms with Crippen molar-refractivity contribution in [3.63, 3.8) is 0 Å². The third kappa shape index (κ3) is 4.25. The number of aromatic amines is 1. The zero-order valence-electron chi connectivity index (χ0n) is 7.36. The van der Waals surface area contributed by atoms with Gasteiger partial charge >= 0.3 is 5.97 Å². The maximum absolute atomic E-state index is 10.2. The molecule has 5 heteroatoms. The van der Waals surface area contributed by atoms with Gasteiger partial charge in [0.05, 0.1) is 11.9 Å². The number of nitrogens with one attached hydrogen (secondary N) is 1. The fraction of sp³-hybridized carbons (Fsp3) is 0.625. The Kier molecular flexibility index (Phi) is 3.95. The lowest BCUT2D eigenvalue weighted by Gasteiger charge is -1.95. The van der Waals surface area contributed by atoms with Crippen LogP contribution in [0.5, 0.6) is 0 Å². The molecule has 5 nitrogen and oxygen atoms in total. The summed E-state index contributed by atoms with van der Waals surface area (Å²) in [6.45, 7) is 0. The Morgan fingerprint density at radius 1 is 1.46 bits per heavy atom. The highest BCUT2D eigenvalue weighted by molar-refractivity contribution is 5.66. The highest BCUT2D eigenvalue weighted by Crippen LogP contribution is 2.04. The van der Waals surface area contributed by atoms with Crippen LogP contribution >= 0.6 is 0 Å². The fourth-order valence-electron chi connectivity index (χ4n) is 1.10. The summed E-state index contributed by atoms with van der Waals surface area (Å²) in [5.74, 6) is -0.721. The van der Waals surface area contributed by atoms with E-state index in [-0.39, 0.29) is 6.42 Å². The van der Waals surface area contributed by atoms with Crippen LogP contribution in [0.3, 0.4) is 0 Å². The molecule has 0 aromatic carbocycles. The summed E-state index contributed by atoms with van der Waals surface area (Å²) in [7, 11) is 0. The van der Waals surface area contributed by atoms with Gasteiger partial charge in [-0.1, -0.05) is 6.42 Å². The van der Waals surface area contributed by atoms with Gasteiger partial charge in [-0.05, 0) is 19.3 Å². The van der Waals surface area contributed by atoms with Crippen LogP contribution in [0, 0.1) is 0 Å². The van der Waals surface area contributed by atoms with E-state index in [0.29, 0.717) is 0 Å². The summed E-state index contributed by atoms with van der Waals surface area (Å²) in [5.41, 5.74) is 0.940. The molecule has 0 saturated heterocycles. The lowest BCUT2D eigenvalue weighted by atomic mass is 10.1. The van der Waals surface area contributed by atoms with Crippen molar-refractivity contribution in [1.82, 2.24) is 15.4 Å². The van der Waals surface area contributed by atoms with E-state index < -0.39 is 5.97 Å². The summed E-state index contributed by atoms with van der Waals surface area (Å²) in [4.78, 5) is 10.2. The topological polar surface area (TPSA) is 78.9 Å². The first kappa shape index (κ1) is 9.70. The molecule has 0 saturated carbocycles. The van der Waals surface area contributed by atoms with Crippen LogP contribution in [-0.4, -0.2) is 26.5 Å². The highest BCUT2D eigenvalue weighted by Gasteiger charge is 1.98. The third-order valence-electron chi connectivity index (χ3n) is 1.79. The van der Waals surface area contributed by atoms with E-state index in [1.165, 1.54) is 0 Å². The standard InChI is InChI=1S/C8H13N3O2/c12-8(13)5-3-1-2-4-7-6-9-11-10-7/h6H,1-5H2,(H,12,13)(H,9,10,11). The van der Waals surface area contributed by atoms with E-state index in [0.717, 1.165) is 31.4 Å². The van der Waals surface area contributed by atoms with Crippen LogP contribution in [0.25, 0.3) is 0 Å². The van der Waals surface area contributed by atoms with E-state index >= 15 is 0 Å². The molecule has 1 aromatic rings. The molecule has 0 spiro atoms. The van der Waals surface area contributed by atoms with Gasteiger partial charge in [-0.3, -0.25) is 4.79 Å². The lowest BCUT2D eigenvalue weighted by molar-refractivity contribution is -0.137. The van der Waals surface area contributed by atoms with E-state index in [2.05, 4.69) is 15.4 Å². The normalized spacial score (nSPS) is 10.2. The van der Waals surface area contributed by atoms with Gasteiger partial charge in [0.15, 0.2) is 0 Å². The fourth-order valence-corrected chi connectivity index (χ4v) is 1.10. The van der Waals surface area contributed by atoms with Crippen molar-refractivity contribution in [2.75, 3.05) is 0 Å². The molecule has 0 bridgehead atoms. The molecule has 1 heterocycles. The minimum atomic E-state index is -0.721. The van der Waals surface area contributed by atoms with Gasteiger partial charge in [-0.15, -0.1) is 0 Å². The molecule has 0 aliphatic carbocycles. The monoisotopic (exact) mass is 183 g/mol. The second-order valence-electron chi connectivity index (χ2n) is 2.92. The lowest BCUT2D eigenvalue weighted by Crippen LogP contribution is -1.94. The van der Waals surface area contributed by atoms with Crippen molar-refractivity contribution in [3.05, 3.63) is 11.9 Å². The molecule has 1 rings (SSSR count). The van der Waals surface area contributed by atoms with E-state index in [9.17, 15) is 4.79 Å². The number of carbonyl (C=O) groups is 1. The van der Waals surface area contributed by atoms with Crippen molar-refractivity contribution >= 4 is 5.97 Å². The SMILES string of the molecule is O=C(O)CCCCCc1cn[nH]n1. The van der Waals surface area contributed by atoms with Crippen LogP contribution in [0.1, 0.15) is 31.4 Å². The molecule has 0 fully saturated rings. The molecule has 0 unspecified atom stereocenters. The summed E-state index contributed by atoms with van der Waals surface area (Å²) in [6, 6.07) is 0. The van der Waals surface area contributed by atoms with Crippen LogP contribution in [0.15, 0.2) is 6.20 Å². The van der Waals surface area contributed by atoms with Crippen molar-refractivity contribution in [2.24, 2.45) is 0 Å². The van der Waals surface area contributed by atoms with Crippen molar-refractivity contribution in [2.45, 2.75) is 32.1 Å². The number of rotatable bonds is 6. The molecule has 0 aliphatic heterocycles. The second-order valence-corrected chi connectivity index (χ2v) is 2.92. The average Bonchev–Trinajstić information content (AvgIpc) is 2.55. The number of aliphatic carboxylic acids is 1. The van der Waals surface area contributed by atoms with Crippen LogP contribution in [0.2, 0.25) is 0 Å². The summed E-state index contributed by atoms with van der Waals surface area (Å²) >= 11 is 0. The van der Waals surface area contributed by atoms with Gasteiger partial charge in [0, 0.05) is 6.42 Å². The molecular weight excluding hydrogens is 170 g/mol. The van der Waals surface area contributed by atoms with Crippen LogP contribution in [0.4, 0.5) is 0 Å². The first-order valence-electron chi connectivity index (χ1n) is 4.35. The number of H-pyrrole nitrogens is 1. The molecular formula is C8H13N3O2. The number of unbranched alkanes of at least 4 members (excludes halogenated alkanes) is 2. The largest absolute Gasteiger partial charge is 0.481 e. The second kappa shape index (κ2) is 5.29. The predicted molar refractivity (Wildman–Crippen MR) is 46.2 cm³/mol. The van der Waals surface area contributed by atoms with Crippen LogP contribution in [-0.2, 0) is 11.2 Å². The maximum Gasteiger partial charge on any atom is 0.303 e. The predicted octanol–water partition coefficient (Wildman–Crippen LogP) is 0.992. The van der Waals surface area contributed by atoms with Crippen molar-refractivity contribution in [1.29, 1.82) is 0 Å². The molecule has 13 heavy (non-hydrogen) atoms. The Morgan fingerprint density at radius 3 is 2.92 bits per heavy atom. The average molecular weight is 183 g/mol. The Bertz CT molecular complexity index is 246. The molecule has 0 aliphatic rings. The number of carboxylic acid groups (broad SMARTS) is 1. The number of hydrogen-bond acceptors (Lipinski definition) is 3. The minimum absolute atomic E-state index is 0.263. The molecule has 0 atom stereocenters. The summed E-state index contributed by atoms with van der Waals surface area (Å²) < 4.78 is 0. The zero-order valence-corrected chi connectivity index (χ0v) is 7.36. The molecule has 2 N–H and O–H groups in total. The highest BCUT2D eigenvalue weighted by atomic mass is 16.4. The van der Waals surface area contributed by atoms with E-state index in [1.54, 1.807) is 6.20 Å². The smallest absolute Gasteiger partial charge is 0.303 e. The van der Waals surface area contributed by atoms with Gasteiger partial charge in [0.25, 0.3) is 0 Å². The molecule has 0 radical (unpaired) electrons. The van der Waals surface area contributed by atoms with Gasteiger partial charge in [0.2, 0.25) is 0 Å². The number of nitrogens with zero attached hydrogens (tertiary/aromatic N) is 2. The first-order chi connectivity index (χ1) is 6.29. The van der Waals surface area contributed by atoms with Gasteiger partial charge in [-0.2, -0.15) is 15.4 Å². The number of carboxylic acids is 1. The summed E-state index contributed by atoms with van der Waals surface area (Å²) in [6.07, 6.45) is 5.47. The Morgan fingerprint density at radius 2 is 2.31 bits per heavy atom. The zero-order chi connectivity index (χ0) is 9.52. The quantitative estimate of drug-likeness (QED) is 0.644. The Balaban J connectivity index is 1.99. The van der Waals surface area contributed by atoms with Crippen molar-refractivity contribution < 1.29 is 9.90 Å². The van der Waals surface area contributed by atoms with E-state index in [1.807, 2.05) is 0 Å². The van der Waals surface area contributed by atoms with E-state index in [4.69, 9.17) is 5.11 Å². The molecule has 0 amide bonds. The Labute approximate surface area is 76.2 Å². The van der Waals surface area contributed by atoms with Gasteiger partial charge < -0.3 is 5.11 Å². The van der Waals surface area contributed by atoms with Crippen molar-refractivity contribution in [3.8, 4) is 0 Å². The summed E-state index contributed by atoms with van der Waals surface area (Å²) in [5, 5.41) is 18.5. The number of hydrogen-bond donors (Lipinski definition) is 2. The number of aryl methyl sites for hydroxylation is 1. The minimum Gasteiger partial charge on any atom is -0.481 e. The number of aromatic nitrogens is 3. The molecule has 1 aromatic heterocycles. The molecule has 72 valence electrons. The third-order valence-corrected chi connectivity index (χ3v) is 1.79. The van der Waals surface area contributed by atoms with Gasteiger partial charge in [-0.25, -0.2) is 0 Å². The van der Waals surface area contributed by atoms with Crippen LogP contribution < -0.4 is 0 Å². The van der Waals surface area contributed by atoms with Gasteiger partial charge in [0.1, 0.15) is 0 Å².